The number of nitrogens with one attached hydrogen (secondary N) is 2. The van der Waals surface area contributed by atoms with Gasteiger partial charge in [0.2, 0.25) is 0 Å². The summed E-state index contributed by atoms with van der Waals surface area (Å²) < 4.78 is 0. The molecular weight excluding hydrogens is 204 g/mol. The Morgan fingerprint density at radius 1 is 1.50 bits per heavy atom. The fourth-order valence-electron chi connectivity index (χ4n) is 2.22. The van der Waals surface area contributed by atoms with Gasteiger partial charge in [-0.3, -0.25) is 4.79 Å². The van der Waals surface area contributed by atoms with Crippen LogP contribution in [0.25, 0.3) is 0 Å². The van der Waals surface area contributed by atoms with Crippen molar-refractivity contribution in [2.45, 2.75) is 44.8 Å². The molecule has 0 aliphatic heterocycles. The van der Waals surface area contributed by atoms with Crippen LogP contribution in [0.15, 0.2) is 12.3 Å². The third-order valence-corrected chi connectivity index (χ3v) is 3.24. The van der Waals surface area contributed by atoms with E-state index < -0.39 is 6.10 Å². The van der Waals surface area contributed by atoms with Crippen LogP contribution in [-0.4, -0.2) is 28.1 Å². The molecule has 2 atom stereocenters. The summed E-state index contributed by atoms with van der Waals surface area (Å²) in [6.07, 6.45) is 5.15. The van der Waals surface area contributed by atoms with Gasteiger partial charge in [-0.1, -0.05) is 12.8 Å². The maximum atomic E-state index is 11.9. The van der Waals surface area contributed by atoms with Gasteiger partial charge in [-0.15, -0.1) is 0 Å². The smallest absolute Gasteiger partial charge is 0.253 e. The van der Waals surface area contributed by atoms with Crippen molar-refractivity contribution in [2.75, 3.05) is 0 Å². The summed E-state index contributed by atoms with van der Waals surface area (Å²) in [5, 5.41) is 12.7. The average Bonchev–Trinajstić information content (AvgIpc) is 2.68. The van der Waals surface area contributed by atoms with Crippen LogP contribution in [0.1, 0.15) is 41.7 Å². The summed E-state index contributed by atoms with van der Waals surface area (Å²) in [5.74, 6) is -0.0929. The molecule has 0 bridgehead atoms. The van der Waals surface area contributed by atoms with Crippen LogP contribution in [-0.2, 0) is 0 Å². The molecule has 0 saturated heterocycles. The van der Waals surface area contributed by atoms with Crippen molar-refractivity contribution in [3.63, 3.8) is 0 Å². The van der Waals surface area contributed by atoms with Gasteiger partial charge in [0.15, 0.2) is 0 Å². The van der Waals surface area contributed by atoms with E-state index in [1.54, 1.807) is 12.3 Å². The van der Waals surface area contributed by atoms with E-state index in [9.17, 15) is 9.90 Å². The van der Waals surface area contributed by atoms with Crippen LogP contribution in [0, 0.1) is 6.92 Å². The summed E-state index contributed by atoms with van der Waals surface area (Å²) >= 11 is 0. The molecule has 3 N–H and O–H groups in total. The summed E-state index contributed by atoms with van der Waals surface area (Å²) in [6, 6.07) is 1.68. The number of hydrogen-bond donors (Lipinski definition) is 3. The molecule has 0 spiro atoms. The van der Waals surface area contributed by atoms with Crippen molar-refractivity contribution < 1.29 is 9.90 Å². The molecule has 4 heteroatoms. The largest absolute Gasteiger partial charge is 0.391 e. The number of carbonyl (C=O) groups is 1. The van der Waals surface area contributed by atoms with Crippen LogP contribution in [0.5, 0.6) is 0 Å². The van der Waals surface area contributed by atoms with E-state index in [1.165, 1.54) is 0 Å². The molecule has 1 aromatic heterocycles. The maximum Gasteiger partial charge on any atom is 0.253 e. The van der Waals surface area contributed by atoms with Crippen LogP contribution in [0.3, 0.4) is 0 Å². The number of amides is 1. The van der Waals surface area contributed by atoms with Crippen molar-refractivity contribution in [3.8, 4) is 0 Å². The predicted octanol–water partition coefficient (Wildman–Crippen LogP) is 1.36. The molecule has 4 nitrogen and oxygen atoms in total. The first-order chi connectivity index (χ1) is 7.68. The Morgan fingerprint density at radius 2 is 2.25 bits per heavy atom. The van der Waals surface area contributed by atoms with Gasteiger partial charge in [-0.05, 0) is 25.8 Å². The highest BCUT2D eigenvalue weighted by Crippen LogP contribution is 2.19. The first-order valence-electron chi connectivity index (χ1n) is 5.81. The molecule has 1 fully saturated rings. The number of aliphatic hydroxyl groups excluding tert-OH is 1. The zero-order chi connectivity index (χ0) is 11.5. The van der Waals surface area contributed by atoms with Crippen LogP contribution >= 0.6 is 0 Å². The molecule has 2 rings (SSSR count). The SMILES string of the molecule is Cc1[nH]ccc1C(=O)N[C@@H]1CCCC[C@H]1O. The topological polar surface area (TPSA) is 65.1 Å². The van der Waals surface area contributed by atoms with Crippen molar-refractivity contribution in [2.24, 2.45) is 0 Å². The van der Waals surface area contributed by atoms with E-state index in [4.69, 9.17) is 0 Å². The van der Waals surface area contributed by atoms with Crippen molar-refractivity contribution >= 4 is 5.91 Å². The molecule has 1 aromatic rings. The second-order valence-corrected chi connectivity index (χ2v) is 4.45. The quantitative estimate of drug-likeness (QED) is 0.707. The normalized spacial score (nSPS) is 25.4. The number of hydrogen-bond acceptors (Lipinski definition) is 2. The summed E-state index contributed by atoms with van der Waals surface area (Å²) in [7, 11) is 0. The minimum atomic E-state index is -0.392. The first-order valence-corrected chi connectivity index (χ1v) is 5.81. The highest BCUT2D eigenvalue weighted by molar-refractivity contribution is 5.95. The minimum absolute atomic E-state index is 0.0875. The first kappa shape index (κ1) is 11.2. The van der Waals surface area contributed by atoms with E-state index in [0.717, 1.165) is 31.4 Å². The van der Waals surface area contributed by atoms with Gasteiger partial charge >= 0.3 is 0 Å². The Labute approximate surface area is 95.1 Å². The van der Waals surface area contributed by atoms with Gasteiger partial charge in [0.05, 0.1) is 17.7 Å². The molecular formula is C12H18N2O2. The number of H-pyrrole nitrogens is 1. The van der Waals surface area contributed by atoms with E-state index in [0.29, 0.717) is 5.56 Å². The second-order valence-electron chi connectivity index (χ2n) is 4.45. The second kappa shape index (κ2) is 4.70. The number of aryl methyl sites for hydroxylation is 1. The molecule has 1 amide bonds. The van der Waals surface area contributed by atoms with Gasteiger partial charge in [0, 0.05) is 11.9 Å². The number of carbonyl (C=O) groups excluding carboxylic acids is 1. The van der Waals surface area contributed by atoms with Crippen molar-refractivity contribution in [3.05, 3.63) is 23.5 Å². The van der Waals surface area contributed by atoms with Gasteiger partial charge in [-0.2, -0.15) is 0 Å². The number of rotatable bonds is 2. The minimum Gasteiger partial charge on any atom is -0.391 e. The third kappa shape index (κ3) is 2.27. The van der Waals surface area contributed by atoms with E-state index >= 15 is 0 Å². The summed E-state index contributed by atoms with van der Waals surface area (Å²) in [4.78, 5) is 14.9. The number of aromatic nitrogens is 1. The fraction of sp³-hybridized carbons (Fsp3) is 0.583. The van der Waals surface area contributed by atoms with Crippen molar-refractivity contribution in [1.29, 1.82) is 0 Å². The molecule has 0 radical (unpaired) electrons. The highest BCUT2D eigenvalue weighted by atomic mass is 16.3. The summed E-state index contributed by atoms with van der Waals surface area (Å²) in [5.41, 5.74) is 1.53. The molecule has 1 aliphatic carbocycles. The lowest BCUT2D eigenvalue weighted by Gasteiger charge is -2.28. The van der Waals surface area contributed by atoms with E-state index in [2.05, 4.69) is 10.3 Å². The van der Waals surface area contributed by atoms with Crippen LogP contribution in [0.2, 0.25) is 0 Å². The monoisotopic (exact) mass is 222 g/mol. The molecule has 1 heterocycles. The molecule has 0 unspecified atom stereocenters. The van der Waals surface area contributed by atoms with Crippen LogP contribution in [0.4, 0.5) is 0 Å². The van der Waals surface area contributed by atoms with Gasteiger partial charge < -0.3 is 15.4 Å². The lowest BCUT2D eigenvalue weighted by molar-refractivity contribution is 0.0717. The van der Waals surface area contributed by atoms with E-state index in [1.807, 2.05) is 6.92 Å². The summed E-state index contributed by atoms with van der Waals surface area (Å²) in [6.45, 7) is 1.87. The lowest BCUT2D eigenvalue weighted by Crippen LogP contribution is -2.45. The zero-order valence-corrected chi connectivity index (χ0v) is 9.49. The molecule has 1 aliphatic rings. The Hall–Kier alpha value is -1.29. The Kier molecular flexibility index (Phi) is 3.29. The molecule has 16 heavy (non-hydrogen) atoms. The average molecular weight is 222 g/mol. The lowest BCUT2D eigenvalue weighted by atomic mass is 9.92. The molecule has 1 saturated carbocycles. The molecule has 0 aromatic carbocycles. The maximum absolute atomic E-state index is 11.9. The Morgan fingerprint density at radius 3 is 2.88 bits per heavy atom. The molecule has 88 valence electrons. The van der Waals surface area contributed by atoms with E-state index in [-0.39, 0.29) is 11.9 Å². The Balaban J connectivity index is 1.99. The third-order valence-electron chi connectivity index (χ3n) is 3.24. The standard InChI is InChI=1S/C12H18N2O2/c1-8-9(6-7-13-8)12(16)14-10-4-2-3-5-11(10)15/h6-7,10-11,13,15H,2-5H2,1H3,(H,14,16)/t10-,11-/m1/s1. The fourth-order valence-corrected chi connectivity index (χ4v) is 2.22. The van der Waals surface area contributed by atoms with Gasteiger partial charge in [-0.25, -0.2) is 0 Å². The Bertz CT molecular complexity index is 373. The number of aromatic amines is 1. The van der Waals surface area contributed by atoms with Gasteiger partial charge in [0.1, 0.15) is 0 Å². The number of aliphatic hydroxyl groups is 1. The highest BCUT2D eigenvalue weighted by Gasteiger charge is 2.25. The predicted molar refractivity (Wildman–Crippen MR) is 61.3 cm³/mol. The van der Waals surface area contributed by atoms with Crippen LogP contribution < -0.4 is 5.32 Å². The zero-order valence-electron chi connectivity index (χ0n) is 9.49. The van der Waals surface area contributed by atoms with Gasteiger partial charge in [0.25, 0.3) is 5.91 Å². The van der Waals surface area contributed by atoms with Crippen molar-refractivity contribution in [1.82, 2.24) is 10.3 Å².